The molecule has 2 aromatic carbocycles. The first-order chi connectivity index (χ1) is 14.5. The van der Waals surface area contributed by atoms with Crippen molar-refractivity contribution in [1.29, 1.82) is 0 Å². The van der Waals surface area contributed by atoms with Crippen LogP contribution in [-0.2, 0) is 4.79 Å². The summed E-state index contributed by atoms with van der Waals surface area (Å²) in [5.41, 5.74) is 2.27. The summed E-state index contributed by atoms with van der Waals surface area (Å²) in [6, 6.07) is 18.5. The molecule has 0 bridgehead atoms. The highest BCUT2D eigenvalue weighted by atomic mass is 35.5. The minimum atomic E-state index is -0.344. The highest BCUT2D eigenvalue weighted by Crippen LogP contribution is 2.35. The summed E-state index contributed by atoms with van der Waals surface area (Å²) < 4.78 is 5.76. The van der Waals surface area contributed by atoms with Crippen LogP contribution in [0.4, 0.5) is 11.4 Å². The lowest BCUT2D eigenvalue weighted by molar-refractivity contribution is -0.129. The fourth-order valence-electron chi connectivity index (χ4n) is 3.58. The Morgan fingerprint density at radius 1 is 0.933 bits per heavy atom. The van der Waals surface area contributed by atoms with E-state index in [0.717, 1.165) is 11.3 Å². The monoisotopic (exact) mass is 423 g/mol. The largest absolute Gasteiger partial charge is 0.451 e. The van der Waals surface area contributed by atoms with Gasteiger partial charge in [0.1, 0.15) is 5.76 Å². The summed E-state index contributed by atoms with van der Waals surface area (Å²) >= 11 is 6.48. The van der Waals surface area contributed by atoms with Crippen LogP contribution in [0.25, 0.3) is 11.3 Å². The van der Waals surface area contributed by atoms with Crippen LogP contribution in [0.15, 0.2) is 65.1 Å². The number of furan rings is 1. The molecule has 7 heteroatoms. The molecule has 2 heterocycles. The maximum absolute atomic E-state index is 12.8. The van der Waals surface area contributed by atoms with Crippen molar-refractivity contribution >= 4 is 34.8 Å². The number of halogens is 1. The molecule has 1 aromatic heterocycles. The van der Waals surface area contributed by atoms with Crippen LogP contribution in [0, 0.1) is 0 Å². The number of hydrogen-bond acceptors (Lipinski definition) is 4. The quantitative estimate of drug-likeness (QED) is 0.670. The van der Waals surface area contributed by atoms with Crippen LogP contribution in [0.5, 0.6) is 0 Å². The van der Waals surface area contributed by atoms with Gasteiger partial charge >= 0.3 is 0 Å². The zero-order valence-corrected chi connectivity index (χ0v) is 17.4. The summed E-state index contributed by atoms with van der Waals surface area (Å²) in [6.07, 6.45) is 0. The van der Waals surface area contributed by atoms with E-state index in [4.69, 9.17) is 16.0 Å². The van der Waals surface area contributed by atoms with Gasteiger partial charge in [-0.15, -0.1) is 0 Å². The lowest BCUT2D eigenvalue weighted by atomic mass is 10.2. The third-order valence-corrected chi connectivity index (χ3v) is 5.47. The number of anilines is 2. The van der Waals surface area contributed by atoms with Crippen molar-refractivity contribution in [2.45, 2.75) is 6.92 Å². The molecule has 0 atom stereocenters. The van der Waals surface area contributed by atoms with E-state index in [1.165, 1.54) is 0 Å². The fraction of sp³-hybridized carbons (Fsp3) is 0.217. The van der Waals surface area contributed by atoms with E-state index in [-0.39, 0.29) is 17.6 Å². The number of hydrogen-bond donors (Lipinski definition) is 1. The molecule has 0 unspecified atom stereocenters. The highest BCUT2D eigenvalue weighted by Gasteiger charge is 2.23. The van der Waals surface area contributed by atoms with Gasteiger partial charge in [0.25, 0.3) is 5.91 Å². The summed E-state index contributed by atoms with van der Waals surface area (Å²) in [5.74, 6) is 0.575. The average Bonchev–Trinajstić information content (AvgIpc) is 3.25. The molecular formula is C23H22ClN3O3. The third kappa shape index (κ3) is 4.19. The lowest BCUT2D eigenvalue weighted by Gasteiger charge is -2.36. The van der Waals surface area contributed by atoms with Crippen molar-refractivity contribution in [3.8, 4) is 11.3 Å². The molecule has 0 saturated carbocycles. The number of carbonyl (C=O) groups excluding carboxylic acids is 2. The van der Waals surface area contributed by atoms with Crippen molar-refractivity contribution in [3.05, 3.63) is 71.4 Å². The SMILES string of the molecule is CC(=O)N1CCN(c2c(Cl)cccc2NC(=O)c2ccc(-c3ccccc3)o2)CC1. The Kier molecular flexibility index (Phi) is 5.77. The maximum atomic E-state index is 12.8. The summed E-state index contributed by atoms with van der Waals surface area (Å²) in [4.78, 5) is 28.3. The molecule has 6 nitrogen and oxygen atoms in total. The summed E-state index contributed by atoms with van der Waals surface area (Å²) in [6.45, 7) is 4.10. The van der Waals surface area contributed by atoms with Gasteiger partial charge in [0.2, 0.25) is 5.91 Å². The van der Waals surface area contributed by atoms with Crippen molar-refractivity contribution in [2.24, 2.45) is 0 Å². The number of amides is 2. The van der Waals surface area contributed by atoms with Crippen LogP contribution in [0.3, 0.4) is 0 Å². The van der Waals surface area contributed by atoms with E-state index in [0.29, 0.717) is 42.6 Å². The zero-order valence-electron chi connectivity index (χ0n) is 16.6. The molecule has 1 aliphatic rings. The number of para-hydroxylation sites is 1. The summed E-state index contributed by atoms with van der Waals surface area (Å²) in [7, 11) is 0. The standard InChI is InChI=1S/C23H22ClN3O3/c1-16(28)26-12-14-27(15-13-26)22-18(24)8-5-9-19(22)25-23(29)21-11-10-20(30-21)17-6-3-2-4-7-17/h2-11H,12-15H2,1H3,(H,25,29). The van der Waals surface area contributed by atoms with E-state index in [1.54, 1.807) is 36.1 Å². The molecular weight excluding hydrogens is 402 g/mol. The van der Waals surface area contributed by atoms with Gasteiger partial charge in [0.05, 0.1) is 16.4 Å². The Labute approximate surface area is 180 Å². The van der Waals surface area contributed by atoms with Crippen LogP contribution in [-0.4, -0.2) is 42.9 Å². The van der Waals surface area contributed by atoms with E-state index < -0.39 is 0 Å². The van der Waals surface area contributed by atoms with E-state index in [2.05, 4.69) is 10.2 Å². The smallest absolute Gasteiger partial charge is 0.291 e. The number of rotatable bonds is 4. The molecule has 154 valence electrons. The molecule has 30 heavy (non-hydrogen) atoms. The van der Waals surface area contributed by atoms with E-state index in [9.17, 15) is 9.59 Å². The van der Waals surface area contributed by atoms with Crippen molar-refractivity contribution in [3.63, 3.8) is 0 Å². The van der Waals surface area contributed by atoms with Crippen LogP contribution in [0.2, 0.25) is 5.02 Å². The first-order valence-electron chi connectivity index (χ1n) is 9.78. The maximum Gasteiger partial charge on any atom is 0.291 e. The Bertz CT molecular complexity index is 1060. The van der Waals surface area contributed by atoms with Crippen molar-refractivity contribution < 1.29 is 14.0 Å². The molecule has 1 saturated heterocycles. The number of carbonyl (C=O) groups is 2. The molecule has 1 N–H and O–H groups in total. The topological polar surface area (TPSA) is 65.8 Å². The Morgan fingerprint density at radius 2 is 1.67 bits per heavy atom. The molecule has 0 spiro atoms. The zero-order chi connectivity index (χ0) is 21.1. The lowest BCUT2D eigenvalue weighted by Crippen LogP contribution is -2.48. The normalized spacial score (nSPS) is 13.9. The predicted octanol–water partition coefficient (Wildman–Crippen LogP) is 4.52. The predicted molar refractivity (Wildman–Crippen MR) is 118 cm³/mol. The number of nitrogens with one attached hydrogen (secondary N) is 1. The van der Waals surface area contributed by atoms with Gasteiger partial charge in [-0.2, -0.15) is 0 Å². The van der Waals surface area contributed by atoms with Gasteiger partial charge < -0.3 is 19.5 Å². The second-order valence-electron chi connectivity index (χ2n) is 7.11. The van der Waals surface area contributed by atoms with Gasteiger partial charge in [0.15, 0.2) is 5.76 Å². The Morgan fingerprint density at radius 3 is 2.37 bits per heavy atom. The van der Waals surface area contributed by atoms with Gasteiger partial charge in [-0.1, -0.05) is 48.0 Å². The van der Waals surface area contributed by atoms with Crippen LogP contribution < -0.4 is 10.2 Å². The molecule has 4 rings (SSSR count). The number of piperazine rings is 1. The Balaban J connectivity index is 1.53. The minimum absolute atomic E-state index is 0.0642. The van der Waals surface area contributed by atoms with Crippen molar-refractivity contribution in [2.75, 3.05) is 36.4 Å². The molecule has 1 aliphatic heterocycles. The molecule has 0 aliphatic carbocycles. The Hall–Kier alpha value is -3.25. The van der Waals surface area contributed by atoms with Crippen molar-refractivity contribution in [1.82, 2.24) is 4.90 Å². The van der Waals surface area contributed by atoms with E-state index >= 15 is 0 Å². The molecule has 0 radical (unpaired) electrons. The first kappa shape index (κ1) is 20.0. The minimum Gasteiger partial charge on any atom is -0.451 e. The van der Waals surface area contributed by atoms with Gasteiger partial charge in [-0.25, -0.2) is 0 Å². The van der Waals surface area contributed by atoms with Gasteiger partial charge in [-0.05, 0) is 24.3 Å². The first-order valence-corrected chi connectivity index (χ1v) is 10.2. The fourth-order valence-corrected chi connectivity index (χ4v) is 3.88. The third-order valence-electron chi connectivity index (χ3n) is 5.16. The second kappa shape index (κ2) is 8.63. The molecule has 3 aromatic rings. The highest BCUT2D eigenvalue weighted by molar-refractivity contribution is 6.34. The molecule has 2 amide bonds. The van der Waals surface area contributed by atoms with E-state index in [1.807, 2.05) is 36.4 Å². The number of nitrogens with zero attached hydrogens (tertiary/aromatic N) is 2. The van der Waals surface area contributed by atoms with Crippen LogP contribution in [0.1, 0.15) is 17.5 Å². The van der Waals surface area contributed by atoms with Crippen LogP contribution >= 0.6 is 11.6 Å². The molecule has 1 fully saturated rings. The van der Waals surface area contributed by atoms with Gasteiger partial charge in [-0.3, -0.25) is 9.59 Å². The number of benzene rings is 2. The summed E-state index contributed by atoms with van der Waals surface area (Å²) in [5, 5.41) is 3.47. The van der Waals surface area contributed by atoms with Gasteiger partial charge in [0, 0.05) is 38.7 Å². The average molecular weight is 424 g/mol. The second-order valence-corrected chi connectivity index (χ2v) is 7.52.